The highest BCUT2D eigenvalue weighted by Gasteiger charge is 2.20. The van der Waals surface area contributed by atoms with Gasteiger partial charge < -0.3 is 10.1 Å². The number of aryl methyl sites for hydroxylation is 2. The molecule has 0 aromatic carbocycles. The molecule has 150 valence electrons. The predicted molar refractivity (Wildman–Crippen MR) is 109 cm³/mol. The van der Waals surface area contributed by atoms with Crippen LogP contribution >= 0.6 is 0 Å². The van der Waals surface area contributed by atoms with Gasteiger partial charge in [-0.3, -0.25) is 9.36 Å². The summed E-state index contributed by atoms with van der Waals surface area (Å²) in [5.74, 6) is 1.42. The van der Waals surface area contributed by atoms with Crippen LogP contribution in [0.1, 0.15) is 31.3 Å². The zero-order chi connectivity index (χ0) is 20.5. The van der Waals surface area contributed by atoms with Crippen LogP contribution in [0.3, 0.4) is 0 Å². The molecule has 4 heterocycles. The lowest BCUT2D eigenvalue weighted by Gasteiger charge is -2.12. The summed E-state index contributed by atoms with van der Waals surface area (Å²) < 4.78 is 8.88. The lowest BCUT2D eigenvalue weighted by Crippen LogP contribution is -2.05. The van der Waals surface area contributed by atoms with Gasteiger partial charge in [0.15, 0.2) is 11.5 Å². The number of anilines is 1. The monoisotopic (exact) mass is 393 g/mol. The van der Waals surface area contributed by atoms with Crippen LogP contribution in [0.15, 0.2) is 24.9 Å². The van der Waals surface area contributed by atoms with Crippen LogP contribution in [-0.4, -0.2) is 46.6 Å². The first-order chi connectivity index (χ1) is 14.0. The van der Waals surface area contributed by atoms with Crippen LogP contribution in [-0.2, 0) is 20.6 Å². The summed E-state index contributed by atoms with van der Waals surface area (Å²) in [5, 5.41) is 13.5. The van der Waals surface area contributed by atoms with Crippen molar-refractivity contribution in [2.45, 2.75) is 26.3 Å². The molecule has 0 aliphatic rings. The van der Waals surface area contributed by atoms with E-state index in [4.69, 9.17) is 14.8 Å². The molecule has 0 aliphatic carbocycles. The maximum Gasteiger partial charge on any atom is 0.225 e. The smallest absolute Gasteiger partial charge is 0.225 e. The zero-order valence-corrected chi connectivity index (χ0v) is 17.1. The first-order valence-electron chi connectivity index (χ1n) is 9.28. The fraction of sp³-hybridized carbons (Fsp3) is 0.368. The number of hydrogen-bond donors (Lipinski definition) is 1. The van der Waals surface area contributed by atoms with Gasteiger partial charge in [-0.05, 0) is 12.0 Å². The average Bonchev–Trinajstić information content (AvgIpc) is 3.29. The molecule has 0 atom stereocenters. The number of aromatic nitrogens is 8. The molecule has 0 saturated carbocycles. The van der Waals surface area contributed by atoms with E-state index in [9.17, 15) is 0 Å². The molecule has 0 aliphatic heterocycles. The summed E-state index contributed by atoms with van der Waals surface area (Å²) in [6, 6.07) is 1.97. The first-order valence-corrected chi connectivity index (χ1v) is 9.28. The molecule has 0 radical (unpaired) electrons. The number of nitrogens with zero attached hydrogens (tertiary/aromatic N) is 8. The number of methoxy groups -OCH3 is 1. The Morgan fingerprint density at radius 2 is 2.00 bits per heavy atom. The number of pyridine rings is 1. The van der Waals surface area contributed by atoms with Crippen LogP contribution in [0.4, 0.5) is 5.69 Å². The molecular formula is C19H23N9O. The summed E-state index contributed by atoms with van der Waals surface area (Å²) in [7, 11) is 5.32. The largest absolute Gasteiger partial charge is 0.480 e. The van der Waals surface area contributed by atoms with E-state index in [1.807, 2.05) is 20.2 Å². The molecule has 4 rings (SSSR count). The molecule has 0 saturated heterocycles. The van der Waals surface area contributed by atoms with Crippen molar-refractivity contribution in [3.05, 3.63) is 36.4 Å². The Bertz CT molecular complexity index is 1160. The van der Waals surface area contributed by atoms with Crippen LogP contribution in [0, 0.1) is 0 Å². The maximum atomic E-state index is 5.40. The van der Waals surface area contributed by atoms with Crippen molar-refractivity contribution in [1.29, 1.82) is 0 Å². The Labute approximate surface area is 168 Å². The maximum absolute atomic E-state index is 5.40. The number of ether oxygens (including phenoxy) is 1. The van der Waals surface area contributed by atoms with E-state index in [1.54, 1.807) is 29.0 Å². The molecule has 4 aromatic rings. The van der Waals surface area contributed by atoms with Gasteiger partial charge in [0.05, 0.1) is 36.0 Å². The van der Waals surface area contributed by atoms with Crippen LogP contribution in [0.2, 0.25) is 0 Å². The number of nitrogens with one attached hydrogen (secondary N) is 1. The van der Waals surface area contributed by atoms with E-state index < -0.39 is 0 Å². The second-order valence-corrected chi connectivity index (χ2v) is 7.05. The van der Waals surface area contributed by atoms with Gasteiger partial charge in [0.1, 0.15) is 12.7 Å². The van der Waals surface area contributed by atoms with Crippen LogP contribution in [0.25, 0.3) is 22.3 Å². The molecular weight excluding hydrogens is 370 g/mol. The minimum absolute atomic E-state index is 0.245. The summed E-state index contributed by atoms with van der Waals surface area (Å²) >= 11 is 0. The van der Waals surface area contributed by atoms with Crippen molar-refractivity contribution < 1.29 is 4.74 Å². The first kappa shape index (κ1) is 18.8. The number of fused-ring (bicyclic) bond motifs is 1. The van der Waals surface area contributed by atoms with Gasteiger partial charge >= 0.3 is 0 Å². The Morgan fingerprint density at radius 3 is 2.69 bits per heavy atom. The third-order valence-corrected chi connectivity index (χ3v) is 4.60. The minimum atomic E-state index is 0.245. The highest BCUT2D eigenvalue weighted by atomic mass is 16.5. The van der Waals surface area contributed by atoms with Crippen LogP contribution in [0.5, 0.6) is 5.88 Å². The fourth-order valence-corrected chi connectivity index (χ4v) is 3.25. The molecule has 10 nitrogen and oxygen atoms in total. The van der Waals surface area contributed by atoms with Crippen LogP contribution < -0.4 is 10.1 Å². The highest BCUT2D eigenvalue weighted by molar-refractivity contribution is 5.94. The van der Waals surface area contributed by atoms with Crippen molar-refractivity contribution >= 4 is 16.7 Å². The fourth-order valence-electron chi connectivity index (χ4n) is 3.25. The SMILES string of the molecule is COc1ncncc1-c1cc(NCc2ncn(C)n2)c2c(C(C)C)nn(C)c2n1. The summed E-state index contributed by atoms with van der Waals surface area (Å²) in [6.45, 7) is 4.72. The molecule has 0 unspecified atom stereocenters. The van der Waals surface area contributed by atoms with Gasteiger partial charge in [0.2, 0.25) is 5.88 Å². The quantitative estimate of drug-likeness (QED) is 0.531. The Morgan fingerprint density at radius 1 is 1.17 bits per heavy atom. The molecule has 0 spiro atoms. The van der Waals surface area contributed by atoms with Crippen molar-refractivity contribution in [1.82, 2.24) is 39.5 Å². The minimum Gasteiger partial charge on any atom is -0.480 e. The van der Waals surface area contributed by atoms with Gasteiger partial charge in [-0.25, -0.2) is 19.9 Å². The van der Waals surface area contributed by atoms with E-state index in [0.29, 0.717) is 29.5 Å². The topological polar surface area (TPSA) is 108 Å². The summed E-state index contributed by atoms with van der Waals surface area (Å²) in [4.78, 5) is 17.5. The van der Waals surface area contributed by atoms with Gasteiger partial charge in [-0.2, -0.15) is 10.2 Å². The van der Waals surface area contributed by atoms with Crippen molar-refractivity contribution in [3.63, 3.8) is 0 Å². The molecule has 1 N–H and O–H groups in total. The highest BCUT2D eigenvalue weighted by Crippen LogP contribution is 2.35. The van der Waals surface area contributed by atoms with Crippen molar-refractivity contribution in [3.8, 4) is 17.1 Å². The number of rotatable bonds is 6. The van der Waals surface area contributed by atoms with Gasteiger partial charge in [-0.1, -0.05) is 13.8 Å². The second-order valence-electron chi connectivity index (χ2n) is 7.05. The third kappa shape index (κ3) is 3.48. The van der Waals surface area contributed by atoms with Crippen molar-refractivity contribution in [2.24, 2.45) is 14.1 Å². The molecule has 29 heavy (non-hydrogen) atoms. The van der Waals surface area contributed by atoms with Crippen molar-refractivity contribution in [2.75, 3.05) is 12.4 Å². The molecule has 10 heteroatoms. The molecule has 0 bridgehead atoms. The Hall–Kier alpha value is -3.56. The third-order valence-electron chi connectivity index (χ3n) is 4.60. The molecule has 0 fully saturated rings. The van der Waals surface area contributed by atoms with E-state index in [0.717, 1.165) is 22.4 Å². The Balaban J connectivity index is 1.87. The second kappa shape index (κ2) is 7.46. The lowest BCUT2D eigenvalue weighted by atomic mass is 10.0. The number of hydrogen-bond acceptors (Lipinski definition) is 8. The molecule has 0 amide bonds. The van der Waals surface area contributed by atoms with Gasteiger partial charge in [0.25, 0.3) is 0 Å². The average molecular weight is 393 g/mol. The summed E-state index contributed by atoms with van der Waals surface area (Å²) in [5.41, 5.74) is 4.07. The van der Waals surface area contributed by atoms with Gasteiger partial charge in [-0.15, -0.1) is 0 Å². The Kier molecular flexibility index (Phi) is 4.83. The van der Waals surface area contributed by atoms with E-state index in [2.05, 4.69) is 39.2 Å². The normalized spacial score (nSPS) is 11.4. The summed E-state index contributed by atoms with van der Waals surface area (Å²) in [6.07, 6.45) is 4.83. The standard InChI is InChI=1S/C19H23N9O/c1-11(2)17-16-14(21-8-15-23-10-27(3)25-15)6-13(24-18(16)28(4)26-17)12-7-20-9-22-19(12)29-5/h6-7,9-11H,8H2,1-5H3,(H,21,24). The van der Waals surface area contributed by atoms with Gasteiger partial charge in [0, 0.05) is 26.0 Å². The lowest BCUT2D eigenvalue weighted by molar-refractivity contribution is 0.398. The predicted octanol–water partition coefficient (Wildman–Crippen LogP) is 2.30. The molecule has 4 aromatic heterocycles. The van der Waals surface area contributed by atoms with E-state index in [1.165, 1.54) is 6.33 Å². The van der Waals surface area contributed by atoms with E-state index in [-0.39, 0.29) is 5.92 Å². The zero-order valence-electron chi connectivity index (χ0n) is 17.1. The van der Waals surface area contributed by atoms with E-state index >= 15 is 0 Å².